The molecule has 0 aliphatic heterocycles. The van der Waals surface area contributed by atoms with Gasteiger partial charge in [0.05, 0.1) is 12.6 Å². The average Bonchev–Trinajstić information content (AvgIpc) is 3.45. The lowest BCUT2D eigenvalue weighted by Gasteiger charge is -2.12. The van der Waals surface area contributed by atoms with Crippen LogP contribution in [0.25, 0.3) is 11.0 Å². The second kappa shape index (κ2) is 8.19. The van der Waals surface area contributed by atoms with Crippen molar-refractivity contribution in [1.29, 1.82) is 0 Å². The molecule has 152 valence electrons. The number of nitrogens with one attached hydrogen (secondary N) is 1. The minimum Gasteiger partial charge on any atom is -0.494 e. The molecule has 3 aromatic rings. The van der Waals surface area contributed by atoms with Gasteiger partial charge < -0.3 is 19.2 Å². The number of amides is 1. The zero-order valence-corrected chi connectivity index (χ0v) is 17.2. The Kier molecular flexibility index (Phi) is 5.47. The number of fused-ring (bicyclic) bond motifs is 1. The Morgan fingerprint density at radius 3 is 2.72 bits per heavy atom. The molecular formula is C24H27NO4. The van der Waals surface area contributed by atoms with E-state index in [0.29, 0.717) is 19.1 Å². The van der Waals surface area contributed by atoms with Crippen LogP contribution in [0.5, 0.6) is 11.5 Å². The van der Waals surface area contributed by atoms with Crippen molar-refractivity contribution >= 4 is 16.9 Å². The van der Waals surface area contributed by atoms with E-state index in [4.69, 9.17) is 13.9 Å². The second-order valence-corrected chi connectivity index (χ2v) is 7.64. The van der Waals surface area contributed by atoms with Gasteiger partial charge in [0.15, 0.2) is 0 Å². The van der Waals surface area contributed by atoms with Crippen LogP contribution in [-0.4, -0.2) is 12.5 Å². The van der Waals surface area contributed by atoms with Crippen LogP contribution in [0.1, 0.15) is 62.5 Å². The first-order valence-electron chi connectivity index (χ1n) is 10.2. The van der Waals surface area contributed by atoms with E-state index in [1.165, 1.54) is 25.3 Å². The minimum atomic E-state index is -0.172. The largest absolute Gasteiger partial charge is 0.494 e. The first-order chi connectivity index (χ1) is 14.0. The lowest BCUT2D eigenvalue weighted by atomic mass is 10.1. The van der Waals surface area contributed by atoms with Crippen molar-refractivity contribution in [3.63, 3.8) is 0 Å². The highest BCUT2D eigenvalue weighted by atomic mass is 16.5. The Morgan fingerprint density at radius 1 is 1.17 bits per heavy atom. The fourth-order valence-corrected chi connectivity index (χ4v) is 3.57. The number of hydrogen-bond donors (Lipinski definition) is 1. The van der Waals surface area contributed by atoms with Crippen molar-refractivity contribution in [2.24, 2.45) is 0 Å². The van der Waals surface area contributed by atoms with Crippen LogP contribution in [0.2, 0.25) is 0 Å². The van der Waals surface area contributed by atoms with E-state index in [1.807, 2.05) is 38.1 Å². The fourth-order valence-electron chi connectivity index (χ4n) is 3.57. The monoisotopic (exact) mass is 393 g/mol. The number of carbonyl (C=O) groups excluding carboxylic acids is 1. The molecule has 1 N–H and O–H groups in total. The summed E-state index contributed by atoms with van der Waals surface area (Å²) in [6.45, 7) is 6.59. The number of rotatable bonds is 8. The zero-order valence-electron chi connectivity index (χ0n) is 17.2. The van der Waals surface area contributed by atoms with Crippen LogP contribution in [0.15, 0.2) is 46.9 Å². The van der Waals surface area contributed by atoms with E-state index in [2.05, 4.69) is 23.5 Å². The quantitative estimate of drug-likeness (QED) is 0.550. The van der Waals surface area contributed by atoms with Crippen LogP contribution < -0.4 is 14.8 Å². The maximum atomic E-state index is 11.3. The van der Waals surface area contributed by atoms with Crippen LogP contribution in [0.3, 0.4) is 0 Å². The number of carbonyl (C=O) groups is 1. The predicted molar refractivity (Wildman–Crippen MR) is 112 cm³/mol. The molecule has 4 rings (SSSR count). The third kappa shape index (κ3) is 4.56. The van der Waals surface area contributed by atoms with Crippen molar-refractivity contribution in [3.05, 3.63) is 59.4 Å². The van der Waals surface area contributed by atoms with Crippen LogP contribution in [-0.2, 0) is 11.4 Å². The molecule has 1 saturated carbocycles. The van der Waals surface area contributed by atoms with Crippen molar-refractivity contribution in [2.75, 3.05) is 6.61 Å². The van der Waals surface area contributed by atoms with Crippen molar-refractivity contribution in [2.45, 2.75) is 52.2 Å². The number of ether oxygens (including phenoxy) is 2. The van der Waals surface area contributed by atoms with Gasteiger partial charge in [-0.1, -0.05) is 6.07 Å². The molecule has 1 aromatic heterocycles. The zero-order chi connectivity index (χ0) is 20.4. The molecule has 1 atom stereocenters. The third-order valence-corrected chi connectivity index (χ3v) is 5.15. The van der Waals surface area contributed by atoms with Crippen LogP contribution in [0, 0.1) is 0 Å². The Morgan fingerprint density at radius 2 is 2.00 bits per heavy atom. The van der Waals surface area contributed by atoms with Crippen molar-refractivity contribution < 1.29 is 18.7 Å². The Bertz CT molecular complexity index is 1020. The Labute approximate surface area is 171 Å². The Hall–Kier alpha value is -2.95. The van der Waals surface area contributed by atoms with E-state index in [1.54, 1.807) is 0 Å². The summed E-state index contributed by atoms with van der Waals surface area (Å²) in [5.74, 6) is 3.03. The van der Waals surface area contributed by atoms with E-state index < -0.39 is 0 Å². The number of benzene rings is 2. The minimum absolute atomic E-state index is 0.0806. The molecule has 29 heavy (non-hydrogen) atoms. The third-order valence-electron chi connectivity index (χ3n) is 5.15. The van der Waals surface area contributed by atoms with Crippen molar-refractivity contribution in [1.82, 2.24) is 5.32 Å². The van der Waals surface area contributed by atoms with Gasteiger partial charge in [0, 0.05) is 18.4 Å². The molecule has 1 aliphatic rings. The standard InChI is InChI=1S/C24H27NO4/c1-4-27-22-10-5-17(11-21(22)18-6-7-18)14-28-20-9-8-19-12-23(29-24(19)13-20)15(2)25-16(3)26/h5,8-13,15,18H,4,6-7,14H2,1-3H3,(H,25,26). The molecule has 0 saturated heterocycles. The molecule has 1 aliphatic carbocycles. The molecule has 1 fully saturated rings. The topological polar surface area (TPSA) is 60.7 Å². The molecule has 5 nitrogen and oxygen atoms in total. The van der Waals surface area contributed by atoms with Gasteiger partial charge in [-0.2, -0.15) is 0 Å². The summed E-state index contributed by atoms with van der Waals surface area (Å²) in [6.07, 6.45) is 2.47. The summed E-state index contributed by atoms with van der Waals surface area (Å²) >= 11 is 0. The molecule has 1 heterocycles. The second-order valence-electron chi connectivity index (χ2n) is 7.64. The molecule has 0 bridgehead atoms. The molecule has 0 spiro atoms. The first kappa shape index (κ1) is 19.4. The van der Waals surface area contributed by atoms with Gasteiger partial charge in [-0.3, -0.25) is 4.79 Å². The van der Waals surface area contributed by atoms with Gasteiger partial charge in [-0.15, -0.1) is 0 Å². The SMILES string of the molecule is CCOc1ccc(COc2ccc3cc(C(C)NC(C)=O)oc3c2)cc1C1CC1. The number of furan rings is 1. The first-order valence-corrected chi connectivity index (χ1v) is 10.2. The van der Waals surface area contributed by atoms with Gasteiger partial charge in [0.1, 0.15) is 29.4 Å². The summed E-state index contributed by atoms with van der Waals surface area (Å²) in [7, 11) is 0. The van der Waals surface area contributed by atoms with Gasteiger partial charge in [-0.25, -0.2) is 0 Å². The highest BCUT2D eigenvalue weighted by Crippen LogP contribution is 2.44. The summed E-state index contributed by atoms with van der Waals surface area (Å²) < 4.78 is 17.7. The lowest BCUT2D eigenvalue weighted by molar-refractivity contribution is -0.119. The Balaban J connectivity index is 1.47. The highest BCUT2D eigenvalue weighted by molar-refractivity contribution is 5.80. The van der Waals surface area contributed by atoms with E-state index in [0.717, 1.165) is 33.8 Å². The number of hydrogen-bond acceptors (Lipinski definition) is 4. The highest BCUT2D eigenvalue weighted by Gasteiger charge is 2.27. The van der Waals surface area contributed by atoms with Gasteiger partial charge >= 0.3 is 0 Å². The molecule has 1 amide bonds. The summed E-state index contributed by atoms with van der Waals surface area (Å²) in [5, 5.41) is 3.83. The van der Waals surface area contributed by atoms with E-state index >= 15 is 0 Å². The van der Waals surface area contributed by atoms with Gasteiger partial charge in [-0.05, 0) is 74.1 Å². The van der Waals surface area contributed by atoms with Gasteiger partial charge in [0.2, 0.25) is 5.91 Å². The molecule has 5 heteroatoms. The summed E-state index contributed by atoms with van der Waals surface area (Å²) in [6, 6.07) is 13.9. The maximum absolute atomic E-state index is 11.3. The average molecular weight is 393 g/mol. The molecule has 1 unspecified atom stereocenters. The smallest absolute Gasteiger partial charge is 0.217 e. The predicted octanol–water partition coefficient (Wildman–Crippen LogP) is 5.49. The molecule has 2 aromatic carbocycles. The normalized spacial score (nSPS) is 14.6. The molecule has 0 radical (unpaired) electrons. The molecular weight excluding hydrogens is 366 g/mol. The van der Waals surface area contributed by atoms with Crippen LogP contribution >= 0.6 is 0 Å². The maximum Gasteiger partial charge on any atom is 0.217 e. The summed E-state index contributed by atoms with van der Waals surface area (Å²) in [5.41, 5.74) is 3.18. The van der Waals surface area contributed by atoms with Gasteiger partial charge in [0.25, 0.3) is 0 Å². The van der Waals surface area contributed by atoms with Crippen molar-refractivity contribution in [3.8, 4) is 11.5 Å². The van der Waals surface area contributed by atoms with Crippen LogP contribution in [0.4, 0.5) is 0 Å². The fraction of sp³-hybridized carbons (Fsp3) is 0.375. The van der Waals surface area contributed by atoms with E-state index in [-0.39, 0.29) is 11.9 Å². The van der Waals surface area contributed by atoms with E-state index in [9.17, 15) is 4.79 Å². The summed E-state index contributed by atoms with van der Waals surface area (Å²) in [4.78, 5) is 11.3. The lowest BCUT2D eigenvalue weighted by Crippen LogP contribution is -2.23.